The van der Waals surface area contributed by atoms with Crippen molar-refractivity contribution in [1.82, 2.24) is 5.32 Å². The Kier molecular flexibility index (Phi) is 4.73. The maximum atomic E-state index is 6.24. The molecule has 1 aromatic carbocycles. The number of nitrogens with one attached hydrogen (secondary N) is 1. The van der Waals surface area contributed by atoms with Crippen LogP contribution in [0.25, 0.3) is 0 Å². The summed E-state index contributed by atoms with van der Waals surface area (Å²) in [6.07, 6.45) is 0. The lowest BCUT2D eigenvalue weighted by molar-refractivity contribution is 0.690. The lowest BCUT2D eigenvalue weighted by atomic mass is 9.97. The molecule has 0 bridgehead atoms. The van der Waals surface area contributed by atoms with E-state index in [2.05, 4.69) is 40.3 Å². The normalized spacial score (nSPS) is 12.7. The molecule has 0 amide bonds. The molecule has 1 N–H and O–H groups in total. The van der Waals surface area contributed by atoms with E-state index in [9.17, 15) is 0 Å². The molecule has 1 unspecified atom stereocenters. The highest BCUT2D eigenvalue weighted by Crippen LogP contribution is 2.38. The van der Waals surface area contributed by atoms with Crippen LogP contribution in [0.3, 0.4) is 0 Å². The van der Waals surface area contributed by atoms with Crippen molar-refractivity contribution in [3.8, 4) is 0 Å². The van der Waals surface area contributed by atoms with Gasteiger partial charge in [-0.25, -0.2) is 0 Å². The molecule has 0 saturated carbocycles. The topological polar surface area (TPSA) is 12.0 Å². The fraction of sp³-hybridized carbons (Fsp3) is 0.231. The molecular weight excluding hydrogens is 353 g/mol. The number of benzene rings is 1. The van der Waals surface area contributed by atoms with Gasteiger partial charge in [0.1, 0.15) is 0 Å². The highest BCUT2D eigenvalue weighted by atomic mass is 79.9. The number of thiophene rings is 1. The average molecular weight is 365 g/mol. The van der Waals surface area contributed by atoms with E-state index in [4.69, 9.17) is 23.2 Å². The molecule has 0 saturated heterocycles. The second-order valence-electron chi connectivity index (χ2n) is 4.00. The van der Waals surface area contributed by atoms with Gasteiger partial charge in [0, 0.05) is 10.0 Å². The van der Waals surface area contributed by atoms with Gasteiger partial charge in [0.25, 0.3) is 0 Å². The minimum Gasteiger partial charge on any atom is -0.309 e. The van der Waals surface area contributed by atoms with Crippen LogP contribution in [0, 0.1) is 6.92 Å². The summed E-state index contributed by atoms with van der Waals surface area (Å²) in [5, 5.41) is 3.30. The minimum absolute atomic E-state index is 0.0544. The van der Waals surface area contributed by atoms with Crippen molar-refractivity contribution < 1.29 is 0 Å². The highest BCUT2D eigenvalue weighted by Gasteiger charge is 2.19. The van der Waals surface area contributed by atoms with Crippen molar-refractivity contribution in [1.29, 1.82) is 0 Å². The Bertz CT molecular complexity index is 568. The Morgan fingerprint density at radius 3 is 2.50 bits per heavy atom. The van der Waals surface area contributed by atoms with Crippen molar-refractivity contribution in [3.05, 3.63) is 54.1 Å². The van der Waals surface area contributed by atoms with Gasteiger partial charge in [-0.05, 0) is 43.3 Å². The fourth-order valence-corrected chi connectivity index (χ4v) is 3.86. The van der Waals surface area contributed by atoms with Gasteiger partial charge in [0.15, 0.2) is 0 Å². The largest absolute Gasteiger partial charge is 0.309 e. The van der Waals surface area contributed by atoms with E-state index in [0.717, 1.165) is 14.4 Å². The van der Waals surface area contributed by atoms with E-state index in [1.807, 2.05) is 19.2 Å². The molecule has 2 rings (SSSR count). The van der Waals surface area contributed by atoms with Crippen molar-refractivity contribution in [3.63, 3.8) is 0 Å². The predicted molar refractivity (Wildman–Crippen MR) is 84.1 cm³/mol. The Labute approximate surface area is 129 Å². The van der Waals surface area contributed by atoms with Gasteiger partial charge >= 0.3 is 0 Å². The molecule has 0 fully saturated rings. The summed E-state index contributed by atoms with van der Waals surface area (Å²) >= 11 is 17.2. The molecule has 0 spiro atoms. The second kappa shape index (κ2) is 5.93. The summed E-state index contributed by atoms with van der Waals surface area (Å²) in [6, 6.07) is 8.21. The first-order chi connectivity index (χ1) is 8.52. The first-order valence-electron chi connectivity index (χ1n) is 5.41. The van der Waals surface area contributed by atoms with Gasteiger partial charge in [0.2, 0.25) is 0 Å². The third kappa shape index (κ3) is 2.91. The molecule has 0 aliphatic carbocycles. The van der Waals surface area contributed by atoms with Gasteiger partial charge in [-0.15, -0.1) is 11.3 Å². The smallest absolute Gasteiger partial charge is 0.0995 e. The summed E-state index contributed by atoms with van der Waals surface area (Å²) < 4.78 is 2.50. The molecule has 1 aromatic heterocycles. The Balaban J connectivity index is 2.51. The van der Waals surface area contributed by atoms with E-state index < -0.39 is 0 Å². The predicted octanol–water partition coefficient (Wildman–Crippen LogP) is 5.43. The zero-order valence-electron chi connectivity index (χ0n) is 9.93. The van der Waals surface area contributed by atoms with Crippen LogP contribution in [0.2, 0.25) is 8.67 Å². The van der Waals surface area contributed by atoms with Crippen molar-refractivity contribution in [2.24, 2.45) is 0 Å². The number of halogens is 3. The standard InChI is InChI=1S/C13H12BrCl2NS/c1-7-3-4-8(14)5-9(7)12(17-2)10-6-11(15)18-13(10)16/h3-6,12,17H,1-2H3. The van der Waals surface area contributed by atoms with Crippen LogP contribution in [-0.2, 0) is 0 Å². The van der Waals surface area contributed by atoms with Gasteiger partial charge in [-0.1, -0.05) is 45.2 Å². The number of hydrogen-bond donors (Lipinski definition) is 1. The molecule has 1 atom stereocenters. The Morgan fingerprint density at radius 1 is 1.22 bits per heavy atom. The number of aryl methyl sites for hydroxylation is 1. The maximum absolute atomic E-state index is 6.24. The minimum atomic E-state index is 0.0544. The molecule has 18 heavy (non-hydrogen) atoms. The van der Waals surface area contributed by atoms with Crippen LogP contribution < -0.4 is 5.32 Å². The number of rotatable bonds is 3. The van der Waals surface area contributed by atoms with E-state index in [1.54, 1.807) is 0 Å². The van der Waals surface area contributed by atoms with Crippen molar-refractivity contribution >= 4 is 50.5 Å². The van der Waals surface area contributed by atoms with E-state index >= 15 is 0 Å². The first kappa shape index (κ1) is 14.4. The van der Waals surface area contributed by atoms with Gasteiger partial charge < -0.3 is 5.32 Å². The molecule has 2 aromatic rings. The first-order valence-corrected chi connectivity index (χ1v) is 7.77. The third-order valence-corrected chi connectivity index (χ3v) is 4.85. The summed E-state index contributed by atoms with van der Waals surface area (Å²) in [5.41, 5.74) is 3.44. The summed E-state index contributed by atoms with van der Waals surface area (Å²) in [7, 11) is 1.92. The Hall–Kier alpha value is -0.0600. The fourth-order valence-electron chi connectivity index (χ4n) is 1.95. The van der Waals surface area contributed by atoms with Crippen LogP contribution in [0.1, 0.15) is 22.7 Å². The van der Waals surface area contributed by atoms with Crippen LogP contribution in [-0.4, -0.2) is 7.05 Å². The molecule has 96 valence electrons. The SMILES string of the molecule is CNC(c1cc(Br)ccc1C)c1cc(Cl)sc1Cl. The lowest BCUT2D eigenvalue weighted by Gasteiger charge is -2.19. The zero-order valence-corrected chi connectivity index (χ0v) is 13.8. The van der Waals surface area contributed by atoms with Gasteiger partial charge in [-0.3, -0.25) is 0 Å². The quantitative estimate of drug-likeness (QED) is 0.765. The molecule has 0 aliphatic heterocycles. The average Bonchev–Trinajstić information content (AvgIpc) is 2.64. The van der Waals surface area contributed by atoms with Crippen molar-refractivity contribution in [2.45, 2.75) is 13.0 Å². The van der Waals surface area contributed by atoms with E-state index in [0.29, 0.717) is 4.34 Å². The van der Waals surface area contributed by atoms with Gasteiger partial charge in [-0.2, -0.15) is 0 Å². The number of hydrogen-bond acceptors (Lipinski definition) is 2. The monoisotopic (exact) mass is 363 g/mol. The molecule has 0 aliphatic rings. The van der Waals surface area contributed by atoms with E-state index in [1.165, 1.54) is 22.5 Å². The molecule has 0 radical (unpaired) electrons. The molecule has 5 heteroatoms. The summed E-state index contributed by atoms with van der Waals surface area (Å²) in [4.78, 5) is 0. The second-order valence-corrected chi connectivity index (χ2v) is 7.20. The third-order valence-electron chi connectivity index (χ3n) is 2.84. The molecular formula is C13H12BrCl2NS. The zero-order chi connectivity index (χ0) is 13.3. The highest BCUT2D eigenvalue weighted by molar-refractivity contribution is 9.10. The van der Waals surface area contributed by atoms with Crippen LogP contribution in [0.15, 0.2) is 28.7 Å². The summed E-state index contributed by atoms with van der Waals surface area (Å²) in [5.74, 6) is 0. The van der Waals surface area contributed by atoms with Crippen molar-refractivity contribution in [2.75, 3.05) is 7.05 Å². The summed E-state index contributed by atoms with van der Waals surface area (Å²) in [6.45, 7) is 2.09. The van der Waals surface area contributed by atoms with E-state index in [-0.39, 0.29) is 6.04 Å². The lowest BCUT2D eigenvalue weighted by Crippen LogP contribution is -2.18. The van der Waals surface area contributed by atoms with Crippen LogP contribution in [0.5, 0.6) is 0 Å². The van der Waals surface area contributed by atoms with Gasteiger partial charge in [0.05, 0.1) is 14.7 Å². The molecule has 1 nitrogen and oxygen atoms in total. The van der Waals surface area contributed by atoms with Crippen LogP contribution >= 0.6 is 50.5 Å². The van der Waals surface area contributed by atoms with Crippen LogP contribution in [0.4, 0.5) is 0 Å². The Morgan fingerprint density at radius 2 is 1.94 bits per heavy atom. The molecule has 1 heterocycles. The maximum Gasteiger partial charge on any atom is 0.0995 e.